The maximum atomic E-state index is 12.7. The minimum absolute atomic E-state index is 0.196. The largest absolute Gasteiger partial charge is 0.449 e. The van der Waals surface area contributed by atoms with Crippen LogP contribution >= 0.6 is 11.6 Å². The number of ether oxygens (including phenoxy) is 1. The molecule has 0 fully saturated rings. The Morgan fingerprint density at radius 1 is 1.10 bits per heavy atom. The third-order valence-electron chi connectivity index (χ3n) is 4.84. The van der Waals surface area contributed by atoms with Gasteiger partial charge in [-0.15, -0.1) is 0 Å². The number of nitrogens with one attached hydrogen (secondary N) is 1. The summed E-state index contributed by atoms with van der Waals surface area (Å²) >= 11 is 6.03. The third-order valence-corrected chi connectivity index (χ3v) is 5.04. The molecule has 0 saturated heterocycles. The number of fused-ring (bicyclic) bond motifs is 1. The minimum atomic E-state index is -0.929. The van der Waals surface area contributed by atoms with Gasteiger partial charge in [-0.2, -0.15) is 0 Å². The van der Waals surface area contributed by atoms with E-state index in [0.29, 0.717) is 17.4 Å². The molecule has 150 valence electrons. The fourth-order valence-electron chi connectivity index (χ4n) is 3.18. The van der Waals surface area contributed by atoms with Gasteiger partial charge < -0.3 is 10.1 Å². The van der Waals surface area contributed by atoms with Crippen LogP contribution in [-0.4, -0.2) is 29.5 Å². The molecule has 1 amide bonds. The number of hydrogen-bond donors (Lipinski definition) is 1. The second-order valence-electron chi connectivity index (χ2n) is 6.82. The number of benzene rings is 2. The van der Waals surface area contributed by atoms with Gasteiger partial charge in [-0.3, -0.25) is 4.79 Å². The van der Waals surface area contributed by atoms with Crippen LogP contribution < -0.4 is 5.32 Å². The summed E-state index contributed by atoms with van der Waals surface area (Å²) in [6.45, 7) is 4.11. The normalized spacial score (nSPS) is 12.9. The van der Waals surface area contributed by atoms with Gasteiger partial charge >= 0.3 is 5.97 Å². The predicted molar refractivity (Wildman–Crippen MR) is 114 cm³/mol. The summed E-state index contributed by atoms with van der Waals surface area (Å²) in [5, 5.41) is 3.71. The van der Waals surface area contributed by atoms with E-state index in [0.717, 1.165) is 12.0 Å². The summed E-state index contributed by atoms with van der Waals surface area (Å²) in [6.07, 6.45) is -0.0403. The average Bonchev–Trinajstić information content (AvgIpc) is 2.74. The number of nitrogens with zero attached hydrogens (tertiary/aromatic N) is 1. The number of hydrogen-bond acceptors (Lipinski definition) is 4. The molecule has 1 heterocycles. The van der Waals surface area contributed by atoms with E-state index in [1.54, 1.807) is 25.1 Å². The minimum Gasteiger partial charge on any atom is -0.449 e. The number of carbonyl (C=O) groups excluding carboxylic acids is 2. The highest BCUT2D eigenvalue weighted by Crippen LogP contribution is 2.22. The summed E-state index contributed by atoms with van der Waals surface area (Å²) in [5.74, 6) is -0.744. The Morgan fingerprint density at radius 3 is 2.52 bits per heavy atom. The van der Waals surface area contributed by atoms with E-state index in [1.165, 1.54) is 6.07 Å². The topological polar surface area (TPSA) is 68.3 Å². The summed E-state index contributed by atoms with van der Waals surface area (Å²) < 4.78 is 5.40. The number of halogens is 1. The number of aromatic nitrogens is 1. The van der Waals surface area contributed by atoms with Gasteiger partial charge in [-0.25, -0.2) is 9.78 Å². The van der Waals surface area contributed by atoms with E-state index in [1.807, 2.05) is 36.4 Å². The van der Waals surface area contributed by atoms with Gasteiger partial charge in [0.25, 0.3) is 5.91 Å². The number of amides is 1. The number of rotatable bonds is 7. The molecule has 5 nitrogen and oxygen atoms in total. The van der Waals surface area contributed by atoms with Crippen molar-refractivity contribution in [2.24, 2.45) is 0 Å². The first-order valence-electron chi connectivity index (χ1n) is 9.58. The number of pyridine rings is 1. The Bertz CT molecular complexity index is 1010. The molecular weight excluding hydrogens is 388 g/mol. The Hall–Kier alpha value is -2.92. The van der Waals surface area contributed by atoms with Crippen LogP contribution in [0.5, 0.6) is 0 Å². The molecule has 29 heavy (non-hydrogen) atoms. The molecule has 1 N–H and O–H groups in total. The third kappa shape index (κ3) is 5.12. The van der Waals surface area contributed by atoms with Crippen LogP contribution in [0.25, 0.3) is 10.9 Å². The lowest BCUT2D eigenvalue weighted by molar-refractivity contribution is -0.129. The van der Waals surface area contributed by atoms with E-state index >= 15 is 0 Å². The van der Waals surface area contributed by atoms with Crippen LogP contribution in [0.15, 0.2) is 60.7 Å². The maximum Gasteiger partial charge on any atom is 0.339 e. The summed E-state index contributed by atoms with van der Waals surface area (Å²) in [7, 11) is 0. The van der Waals surface area contributed by atoms with Crippen molar-refractivity contribution in [3.05, 3.63) is 76.9 Å². The van der Waals surface area contributed by atoms with Crippen molar-refractivity contribution in [3.8, 4) is 0 Å². The number of para-hydroxylation sites is 1. The number of carbonyl (C=O) groups is 2. The zero-order chi connectivity index (χ0) is 20.8. The molecule has 6 heteroatoms. The Balaban J connectivity index is 1.65. The zero-order valence-corrected chi connectivity index (χ0v) is 17.1. The molecule has 0 aliphatic rings. The lowest BCUT2D eigenvalue weighted by atomic mass is 9.96. The maximum absolute atomic E-state index is 12.7. The molecule has 0 radical (unpaired) electrons. The van der Waals surface area contributed by atoms with E-state index in [-0.39, 0.29) is 22.5 Å². The van der Waals surface area contributed by atoms with Gasteiger partial charge in [0.15, 0.2) is 6.10 Å². The van der Waals surface area contributed by atoms with Crippen molar-refractivity contribution in [3.63, 3.8) is 0 Å². The molecular formula is C23H23ClN2O3. The molecule has 0 unspecified atom stereocenters. The zero-order valence-electron chi connectivity index (χ0n) is 16.4. The fraction of sp³-hybridized carbons (Fsp3) is 0.261. The van der Waals surface area contributed by atoms with Gasteiger partial charge in [0, 0.05) is 17.8 Å². The summed E-state index contributed by atoms with van der Waals surface area (Å²) in [6, 6.07) is 18.6. The molecule has 2 aromatic carbocycles. The van der Waals surface area contributed by atoms with Gasteiger partial charge in [0.2, 0.25) is 0 Å². The molecule has 2 atom stereocenters. The highest BCUT2D eigenvalue weighted by Gasteiger charge is 2.22. The van der Waals surface area contributed by atoms with E-state index in [4.69, 9.17) is 16.3 Å². The molecule has 3 aromatic rings. The second kappa shape index (κ2) is 9.52. The van der Waals surface area contributed by atoms with Crippen molar-refractivity contribution in [1.82, 2.24) is 10.3 Å². The van der Waals surface area contributed by atoms with Crippen LogP contribution in [0.4, 0.5) is 0 Å². The van der Waals surface area contributed by atoms with Crippen molar-refractivity contribution >= 4 is 34.4 Å². The van der Waals surface area contributed by atoms with E-state index < -0.39 is 12.1 Å². The van der Waals surface area contributed by atoms with Crippen molar-refractivity contribution in [2.75, 3.05) is 6.54 Å². The highest BCUT2D eigenvalue weighted by molar-refractivity contribution is 6.30. The standard InChI is InChI=1S/C23H23ClN2O3/c1-3-16(17-9-5-4-6-10-17)14-25-22(27)15(2)29-23(28)19-13-21(24)26-20-12-8-7-11-18(19)20/h4-13,15-16H,3,14H2,1-2H3,(H,25,27)/t15-,16+/m0/s1. The van der Waals surface area contributed by atoms with E-state index in [2.05, 4.69) is 17.2 Å². The molecule has 0 saturated carbocycles. The van der Waals surface area contributed by atoms with Crippen LogP contribution in [-0.2, 0) is 9.53 Å². The van der Waals surface area contributed by atoms with E-state index in [9.17, 15) is 9.59 Å². The average molecular weight is 411 g/mol. The SMILES string of the molecule is CC[C@H](CNC(=O)[C@H](C)OC(=O)c1cc(Cl)nc2ccccc12)c1ccccc1. The highest BCUT2D eigenvalue weighted by atomic mass is 35.5. The Labute approximate surface area is 175 Å². The second-order valence-corrected chi connectivity index (χ2v) is 7.21. The molecule has 3 rings (SSSR count). The molecule has 1 aromatic heterocycles. The predicted octanol–water partition coefficient (Wildman–Crippen LogP) is 4.74. The first kappa shape index (κ1) is 20.8. The molecule has 0 aliphatic carbocycles. The van der Waals surface area contributed by atoms with Gasteiger partial charge in [-0.1, -0.05) is 67.1 Å². The van der Waals surface area contributed by atoms with Crippen molar-refractivity contribution < 1.29 is 14.3 Å². The number of esters is 1. The van der Waals surface area contributed by atoms with Gasteiger partial charge in [0.05, 0.1) is 11.1 Å². The fourth-order valence-corrected chi connectivity index (χ4v) is 3.38. The van der Waals surface area contributed by atoms with Crippen LogP contribution in [0, 0.1) is 0 Å². The first-order valence-corrected chi connectivity index (χ1v) is 9.96. The summed E-state index contributed by atoms with van der Waals surface area (Å²) in [5.41, 5.74) is 2.05. The first-order chi connectivity index (χ1) is 14.0. The lowest BCUT2D eigenvalue weighted by Crippen LogP contribution is -2.38. The molecule has 0 aliphatic heterocycles. The van der Waals surface area contributed by atoms with Crippen molar-refractivity contribution in [2.45, 2.75) is 32.3 Å². The molecule has 0 spiro atoms. The lowest BCUT2D eigenvalue weighted by Gasteiger charge is -2.19. The quantitative estimate of drug-likeness (QED) is 0.451. The Morgan fingerprint density at radius 2 is 1.79 bits per heavy atom. The van der Waals surface area contributed by atoms with Crippen LogP contribution in [0.3, 0.4) is 0 Å². The van der Waals surface area contributed by atoms with Gasteiger partial charge in [-0.05, 0) is 31.0 Å². The monoisotopic (exact) mass is 410 g/mol. The van der Waals surface area contributed by atoms with Crippen molar-refractivity contribution in [1.29, 1.82) is 0 Å². The Kier molecular flexibility index (Phi) is 6.83. The van der Waals surface area contributed by atoms with Crippen LogP contribution in [0.2, 0.25) is 5.15 Å². The molecule has 0 bridgehead atoms. The van der Waals surface area contributed by atoms with Crippen LogP contribution in [0.1, 0.15) is 42.1 Å². The smallest absolute Gasteiger partial charge is 0.339 e. The summed E-state index contributed by atoms with van der Waals surface area (Å²) in [4.78, 5) is 29.3. The van der Waals surface area contributed by atoms with Gasteiger partial charge in [0.1, 0.15) is 5.15 Å².